The number of hydrogen-bond donors (Lipinski definition) is 0. The molecule has 8 heteroatoms. The second-order valence-electron chi connectivity index (χ2n) is 6.73. The number of ether oxygens (including phenoxy) is 2. The van der Waals surface area contributed by atoms with Gasteiger partial charge in [-0.15, -0.1) is 0 Å². The third-order valence-electron chi connectivity index (χ3n) is 4.42. The Kier molecular flexibility index (Phi) is 6.12. The minimum absolute atomic E-state index is 0.0266. The molecule has 1 fully saturated rings. The van der Waals surface area contributed by atoms with Gasteiger partial charge in [0.05, 0.1) is 23.7 Å². The number of carbonyl (C=O) groups is 1. The highest BCUT2D eigenvalue weighted by Crippen LogP contribution is 2.21. The molecule has 0 atom stereocenters. The molecule has 0 radical (unpaired) electrons. The van der Waals surface area contributed by atoms with Gasteiger partial charge in [-0.25, -0.2) is 17.6 Å². The first kappa shape index (κ1) is 20.4. The molecule has 0 saturated carbocycles. The molecule has 6 nitrogen and oxygen atoms in total. The Morgan fingerprint density at radius 1 is 1.11 bits per heavy atom. The Hall–Kier alpha value is -2.29. The molecule has 0 aliphatic carbocycles. The van der Waals surface area contributed by atoms with Gasteiger partial charge in [-0.1, -0.05) is 29.3 Å². The summed E-state index contributed by atoms with van der Waals surface area (Å²) in [5.74, 6) is -1.73. The molecular formula is C20H22FNO5S. The summed E-state index contributed by atoms with van der Waals surface area (Å²) in [4.78, 5) is 12.2. The lowest BCUT2D eigenvalue weighted by Crippen LogP contribution is -2.40. The fourth-order valence-corrected chi connectivity index (χ4v) is 4.57. The van der Waals surface area contributed by atoms with Crippen LogP contribution in [0.15, 0.2) is 41.3 Å². The van der Waals surface area contributed by atoms with Crippen LogP contribution in [0, 0.1) is 19.7 Å². The third kappa shape index (κ3) is 4.57. The highest BCUT2D eigenvalue weighted by Gasteiger charge is 2.28. The summed E-state index contributed by atoms with van der Waals surface area (Å²) in [6.45, 7) is 4.85. The Balaban J connectivity index is 1.79. The van der Waals surface area contributed by atoms with Gasteiger partial charge < -0.3 is 9.47 Å². The van der Waals surface area contributed by atoms with Crippen LogP contribution in [0.25, 0.3) is 0 Å². The molecule has 3 rings (SSSR count). The van der Waals surface area contributed by atoms with Crippen molar-refractivity contribution in [1.29, 1.82) is 0 Å². The van der Waals surface area contributed by atoms with E-state index in [1.165, 1.54) is 4.31 Å². The van der Waals surface area contributed by atoms with Crippen molar-refractivity contribution in [3.8, 4) is 0 Å². The van der Waals surface area contributed by atoms with Crippen LogP contribution in [0.5, 0.6) is 0 Å². The highest BCUT2D eigenvalue weighted by molar-refractivity contribution is 7.89. The van der Waals surface area contributed by atoms with Crippen LogP contribution in [-0.2, 0) is 26.1 Å². The van der Waals surface area contributed by atoms with Crippen LogP contribution >= 0.6 is 0 Å². The van der Waals surface area contributed by atoms with Gasteiger partial charge in [0.25, 0.3) is 0 Å². The first-order valence-electron chi connectivity index (χ1n) is 8.89. The van der Waals surface area contributed by atoms with Crippen LogP contribution < -0.4 is 0 Å². The van der Waals surface area contributed by atoms with Crippen molar-refractivity contribution in [1.82, 2.24) is 4.31 Å². The maximum atomic E-state index is 14.2. The fraction of sp³-hybridized carbons (Fsp3) is 0.350. The number of halogens is 1. The van der Waals surface area contributed by atoms with Crippen LogP contribution in [0.1, 0.15) is 27.0 Å². The molecule has 0 bridgehead atoms. The van der Waals surface area contributed by atoms with E-state index in [2.05, 4.69) is 0 Å². The molecule has 150 valence electrons. The number of esters is 1. The topological polar surface area (TPSA) is 72.9 Å². The van der Waals surface area contributed by atoms with Crippen molar-refractivity contribution in [2.45, 2.75) is 25.3 Å². The van der Waals surface area contributed by atoms with Crippen LogP contribution in [0.2, 0.25) is 0 Å². The number of hydrogen-bond acceptors (Lipinski definition) is 5. The standard InChI is InChI=1S/C20H22FNO5S/c1-14-9-15(2)11-16(10-14)13-27-20(23)18-12-17(3-4-19(18)21)28(24,25)22-5-7-26-8-6-22/h3-4,9-12H,5-8,13H2,1-2H3. The summed E-state index contributed by atoms with van der Waals surface area (Å²) >= 11 is 0. The third-order valence-corrected chi connectivity index (χ3v) is 6.31. The van der Waals surface area contributed by atoms with E-state index in [0.29, 0.717) is 13.2 Å². The van der Waals surface area contributed by atoms with Gasteiger partial charge >= 0.3 is 5.97 Å². The monoisotopic (exact) mass is 407 g/mol. The second kappa shape index (κ2) is 8.38. The molecule has 2 aromatic carbocycles. The summed E-state index contributed by atoms with van der Waals surface area (Å²) in [6.07, 6.45) is 0. The molecule has 2 aromatic rings. The maximum Gasteiger partial charge on any atom is 0.341 e. The zero-order chi connectivity index (χ0) is 20.3. The minimum Gasteiger partial charge on any atom is -0.457 e. The summed E-state index contributed by atoms with van der Waals surface area (Å²) in [5, 5.41) is 0. The van der Waals surface area contributed by atoms with Crippen LogP contribution in [0.4, 0.5) is 4.39 Å². The van der Waals surface area contributed by atoms with Gasteiger partial charge in [-0.05, 0) is 37.6 Å². The first-order chi connectivity index (χ1) is 13.3. The number of carbonyl (C=O) groups excluding carboxylic acids is 1. The van der Waals surface area contributed by atoms with Gasteiger partial charge in [0.15, 0.2) is 0 Å². The summed E-state index contributed by atoms with van der Waals surface area (Å²) < 4.78 is 51.3. The van der Waals surface area contributed by atoms with E-state index in [1.807, 2.05) is 32.0 Å². The summed E-state index contributed by atoms with van der Waals surface area (Å²) in [6, 6.07) is 8.89. The molecular weight excluding hydrogens is 385 g/mol. The number of aryl methyl sites for hydroxylation is 2. The number of benzene rings is 2. The van der Waals surface area contributed by atoms with Crippen LogP contribution in [-0.4, -0.2) is 45.0 Å². The molecule has 1 saturated heterocycles. The van der Waals surface area contributed by atoms with Gasteiger partial charge in [-0.3, -0.25) is 0 Å². The van der Waals surface area contributed by atoms with Gasteiger partial charge in [0.1, 0.15) is 12.4 Å². The van der Waals surface area contributed by atoms with E-state index in [4.69, 9.17) is 9.47 Å². The largest absolute Gasteiger partial charge is 0.457 e. The van der Waals surface area contributed by atoms with E-state index in [0.717, 1.165) is 34.9 Å². The smallest absolute Gasteiger partial charge is 0.341 e. The second-order valence-corrected chi connectivity index (χ2v) is 8.67. The van der Waals surface area contributed by atoms with Gasteiger partial charge in [-0.2, -0.15) is 4.31 Å². The van der Waals surface area contributed by atoms with E-state index in [1.54, 1.807) is 0 Å². The predicted octanol–water partition coefficient (Wildman–Crippen LogP) is 2.82. The number of nitrogens with zero attached hydrogens (tertiary/aromatic N) is 1. The van der Waals surface area contributed by atoms with E-state index in [9.17, 15) is 17.6 Å². The minimum atomic E-state index is -3.83. The predicted molar refractivity (Wildman–Crippen MR) is 101 cm³/mol. The van der Waals surface area contributed by atoms with Crippen LogP contribution in [0.3, 0.4) is 0 Å². The lowest BCUT2D eigenvalue weighted by atomic mass is 10.1. The Morgan fingerprint density at radius 2 is 1.75 bits per heavy atom. The quantitative estimate of drug-likeness (QED) is 0.713. The SMILES string of the molecule is Cc1cc(C)cc(COC(=O)c2cc(S(=O)(=O)N3CCOCC3)ccc2F)c1. The molecule has 0 N–H and O–H groups in total. The lowest BCUT2D eigenvalue weighted by Gasteiger charge is -2.26. The Labute approximate surface area is 163 Å². The molecule has 1 aliphatic heterocycles. The molecule has 28 heavy (non-hydrogen) atoms. The lowest BCUT2D eigenvalue weighted by molar-refractivity contribution is 0.0466. The average Bonchev–Trinajstić information content (AvgIpc) is 2.66. The van der Waals surface area contributed by atoms with E-state index < -0.39 is 27.4 Å². The van der Waals surface area contributed by atoms with Crippen molar-refractivity contribution in [2.75, 3.05) is 26.3 Å². The summed E-state index contributed by atoms with van der Waals surface area (Å²) in [5.41, 5.74) is 2.42. The van der Waals surface area contributed by atoms with Crippen molar-refractivity contribution < 1.29 is 27.1 Å². The molecule has 0 spiro atoms. The number of morpholine rings is 1. The number of sulfonamides is 1. The van der Waals surface area contributed by atoms with Crippen molar-refractivity contribution >= 4 is 16.0 Å². The van der Waals surface area contributed by atoms with E-state index in [-0.39, 0.29) is 24.6 Å². The van der Waals surface area contributed by atoms with Crippen molar-refractivity contribution in [3.63, 3.8) is 0 Å². The molecule has 0 aromatic heterocycles. The van der Waals surface area contributed by atoms with Crippen molar-refractivity contribution in [2.24, 2.45) is 0 Å². The van der Waals surface area contributed by atoms with E-state index >= 15 is 0 Å². The Morgan fingerprint density at radius 3 is 2.39 bits per heavy atom. The molecule has 0 unspecified atom stereocenters. The maximum absolute atomic E-state index is 14.2. The van der Waals surface area contributed by atoms with Crippen molar-refractivity contribution in [3.05, 3.63) is 64.5 Å². The molecule has 1 aliphatic rings. The number of rotatable bonds is 5. The zero-order valence-corrected chi connectivity index (χ0v) is 16.6. The summed E-state index contributed by atoms with van der Waals surface area (Å²) in [7, 11) is -3.83. The molecule has 0 amide bonds. The Bertz CT molecular complexity index is 964. The molecule has 1 heterocycles. The first-order valence-corrected chi connectivity index (χ1v) is 10.3. The highest BCUT2D eigenvalue weighted by atomic mass is 32.2. The average molecular weight is 407 g/mol. The fourth-order valence-electron chi connectivity index (χ4n) is 3.14. The normalized spacial score (nSPS) is 15.4. The van der Waals surface area contributed by atoms with Gasteiger partial charge in [0.2, 0.25) is 10.0 Å². The zero-order valence-electron chi connectivity index (χ0n) is 15.8. The van der Waals surface area contributed by atoms with Gasteiger partial charge in [0, 0.05) is 13.1 Å².